The minimum absolute atomic E-state index is 0.116. The molecule has 3 nitrogen and oxygen atoms in total. The molecule has 0 bridgehead atoms. The van der Waals surface area contributed by atoms with Crippen LogP contribution in [0.1, 0.15) is 33.2 Å². The molecule has 0 atom stereocenters. The number of aldehydes is 1. The highest BCUT2D eigenvalue weighted by molar-refractivity contribution is 5.92. The van der Waals surface area contributed by atoms with E-state index in [2.05, 4.69) is 4.74 Å². The van der Waals surface area contributed by atoms with Gasteiger partial charge in [0.1, 0.15) is 5.82 Å². The lowest BCUT2D eigenvalue weighted by atomic mass is 10.0. The van der Waals surface area contributed by atoms with Gasteiger partial charge in [-0.15, -0.1) is 0 Å². The third kappa shape index (κ3) is 2.21. The first-order valence-electron chi connectivity index (χ1n) is 4.50. The number of carbonyl (C=O) groups is 2. The molecule has 0 aliphatic rings. The number of aryl methyl sites for hydroxylation is 1. The average molecular weight is 210 g/mol. The van der Waals surface area contributed by atoms with Gasteiger partial charge in [0.2, 0.25) is 0 Å². The Kier molecular flexibility index (Phi) is 3.55. The number of methoxy groups -OCH3 is 1. The maximum atomic E-state index is 13.5. The SMILES string of the molecule is CCc1cc(C=O)c(F)c(C(=O)OC)c1. The van der Waals surface area contributed by atoms with Gasteiger partial charge in [-0.05, 0) is 24.1 Å². The smallest absolute Gasteiger partial charge is 0.340 e. The third-order valence-corrected chi connectivity index (χ3v) is 2.10. The predicted octanol–water partition coefficient (Wildman–Crippen LogP) is 1.99. The molecule has 0 radical (unpaired) electrons. The second-order valence-electron chi connectivity index (χ2n) is 3.01. The lowest BCUT2D eigenvalue weighted by Gasteiger charge is -2.05. The van der Waals surface area contributed by atoms with Gasteiger partial charge in [-0.1, -0.05) is 6.92 Å². The number of benzene rings is 1. The van der Waals surface area contributed by atoms with Crippen LogP contribution in [0.2, 0.25) is 0 Å². The molecule has 0 fully saturated rings. The van der Waals surface area contributed by atoms with E-state index < -0.39 is 11.8 Å². The summed E-state index contributed by atoms with van der Waals surface area (Å²) in [6.45, 7) is 1.85. The van der Waals surface area contributed by atoms with E-state index in [-0.39, 0.29) is 11.1 Å². The van der Waals surface area contributed by atoms with Gasteiger partial charge in [0.05, 0.1) is 18.2 Å². The number of carbonyl (C=O) groups excluding carboxylic acids is 2. The molecular formula is C11H11FO3. The van der Waals surface area contributed by atoms with Gasteiger partial charge in [0.25, 0.3) is 0 Å². The van der Waals surface area contributed by atoms with E-state index in [0.717, 1.165) is 5.56 Å². The molecule has 1 aromatic rings. The van der Waals surface area contributed by atoms with Crippen LogP contribution in [0, 0.1) is 5.82 Å². The van der Waals surface area contributed by atoms with Crippen LogP contribution in [0.25, 0.3) is 0 Å². The van der Waals surface area contributed by atoms with E-state index in [1.807, 2.05) is 6.92 Å². The first kappa shape index (κ1) is 11.4. The van der Waals surface area contributed by atoms with Crippen molar-refractivity contribution in [3.05, 3.63) is 34.6 Å². The van der Waals surface area contributed by atoms with Crippen molar-refractivity contribution in [2.45, 2.75) is 13.3 Å². The highest BCUT2D eigenvalue weighted by atomic mass is 19.1. The Balaban J connectivity index is 3.36. The summed E-state index contributed by atoms with van der Waals surface area (Å²) in [7, 11) is 1.17. The Morgan fingerprint density at radius 1 is 1.53 bits per heavy atom. The molecule has 15 heavy (non-hydrogen) atoms. The number of hydrogen-bond acceptors (Lipinski definition) is 3. The van der Waals surface area contributed by atoms with Gasteiger partial charge in [-0.3, -0.25) is 4.79 Å². The number of ether oxygens (including phenoxy) is 1. The molecule has 80 valence electrons. The van der Waals surface area contributed by atoms with Crippen LogP contribution in [-0.4, -0.2) is 19.4 Å². The minimum Gasteiger partial charge on any atom is -0.465 e. The van der Waals surface area contributed by atoms with Gasteiger partial charge in [0.15, 0.2) is 6.29 Å². The van der Waals surface area contributed by atoms with Gasteiger partial charge >= 0.3 is 5.97 Å². The number of halogens is 1. The fourth-order valence-corrected chi connectivity index (χ4v) is 1.26. The molecule has 0 aliphatic heterocycles. The molecule has 4 heteroatoms. The molecule has 0 N–H and O–H groups in total. The Labute approximate surface area is 86.9 Å². The summed E-state index contributed by atoms with van der Waals surface area (Å²) in [4.78, 5) is 21.8. The summed E-state index contributed by atoms with van der Waals surface area (Å²) in [5.41, 5.74) is 0.410. The molecule has 0 heterocycles. The van der Waals surface area contributed by atoms with Crippen LogP contribution in [0.5, 0.6) is 0 Å². The van der Waals surface area contributed by atoms with Crippen LogP contribution in [0.4, 0.5) is 4.39 Å². The van der Waals surface area contributed by atoms with Crippen molar-refractivity contribution >= 4 is 12.3 Å². The molecule has 0 spiro atoms. The summed E-state index contributed by atoms with van der Waals surface area (Å²) in [6, 6.07) is 2.82. The van der Waals surface area contributed by atoms with Crippen LogP contribution in [-0.2, 0) is 11.2 Å². The normalized spacial score (nSPS) is 9.80. The van der Waals surface area contributed by atoms with Crippen LogP contribution < -0.4 is 0 Å². The Morgan fingerprint density at radius 2 is 2.20 bits per heavy atom. The van der Waals surface area contributed by atoms with E-state index in [1.54, 1.807) is 0 Å². The minimum atomic E-state index is -0.825. The number of hydrogen-bond donors (Lipinski definition) is 0. The fourth-order valence-electron chi connectivity index (χ4n) is 1.26. The van der Waals surface area contributed by atoms with Gasteiger partial charge < -0.3 is 4.74 Å². The average Bonchev–Trinajstić information content (AvgIpc) is 2.28. The quantitative estimate of drug-likeness (QED) is 0.566. The maximum absolute atomic E-state index is 13.5. The molecule has 1 aromatic carbocycles. The Morgan fingerprint density at radius 3 is 2.67 bits per heavy atom. The van der Waals surface area contributed by atoms with Crippen LogP contribution in [0.3, 0.4) is 0 Å². The molecule has 0 aromatic heterocycles. The lowest BCUT2D eigenvalue weighted by molar-refractivity contribution is 0.0595. The summed E-state index contributed by atoms with van der Waals surface area (Å²) in [5, 5.41) is 0. The highest BCUT2D eigenvalue weighted by Gasteiger charge is 2.16. The number of esters is 1. The standard InChI is InChI=1S/C11H11FO3/c1-3-7-4-8(6-13)10(12)9(5-7)11(14)15-2/h4-6H,3H2,1-2H3. The summed E-state index contributed by atoms with van der Waals surface area (Å²) >= 11 is 0. The van der Waals surface area contributed by atoms with Crippen molar-refractivity contribution in [3.63, 3.8) is 0 Å². The first-order chi connectivity index (χ1) is 7.13. The molecule has 0 saturated heterocycles. The monoisotopic (exact) mass is 210 g/mol. The van der Waals surface area contributed by atoms with E-state index in [0.29, 0.717) is 12.7 Å². The first-order valence-corrected chi connectivity index (χ1v) is 4.50. The van der Waals surface area contributed by atoms with Crippen molar-refractivity contribution in [1.29, 1.82) is 0 Å². The summed E-state index contributed by atoms with van der Waals surface area (Å²) in [5.74, 6) is -1.60. The van der Waals surface area contributed by atoms with Crippen molar-refractivity contribution < 1.29 is 18.7 Å². The van der Waals surface area contributed by atoms with Crippen molar-refractivity contribution in [1.82, 2.24) is 0 Å². The van der Waals surface area contributed by atoms with Gasteiger partial charge in [-0.2, -0.15) is 0 Å². The third-order valence-electron chi connectivity index (χ3n) is 2.10. The molecule has 0 unspecified atom stereocenters. The Hall–Kier alpha value is -1.71. The molecule has 0 amide bonds. The zero-order chi connectivity index (χ0) is 11.4. The van der Waals surface area contributed by atoms with E-state index in [4.69, 9.17) is 0 Å². The summed E-state index contributed by atoms with van der Waals surface area (Å²) < 4.78 is 17.9. The predicted molar refractivity (Wildman–Crippen MR) is 52.5 cm³/mol. The van der Waals surface area contributed by atoms with Crippen molar-refractivity contribution in [2.24, 2.45) is 0 Å². The van der Waals surface area contributed by atoms with Gasteiger partial charge in [0, 0.05) is 0 Å². The number of rotatable bonds is 3. The van der Waals surface area contributed by atoms with Crippen molar-refractivity contribution in [3.8, 4) is 0 Å². The molecule has 0 saturated carbocycles. The molecular weight excluding hydrogens is 199 g/mol. The van der Waals surface area contributed by atoms with E-state index in [1.165, 1.54) is 19.2 Å². The highest BCUT2D eigenvalue weighted by Crippen LogP contribution is 2.16. The van der Waals surface area contributed by atoms with E-state index in [9.17, 15) is 14.0 Å². The zero-order valence-corrected chi connectivity index (χ0v) is 8.54. The van der Waals surface area contributed by atoms with E-state index >= 15 is 0 Å². The molecule has 1 rings (SSSR count). The van der Waals surface area contributed by atoms with Gasteiger partial charge in [-0.25, -0.2) is 9.18 Å². The fraction of sp³-hybridized carbons (Fsp3) is 0.273. The van der Waals surface area contributed by atoms with Crippen LogP contribution in [0.15, 0.2) is 12.1 Å². The molecule has 0 aliphatic carbocycles. The zero-order valence-electron chi connectivity index (χ0n) is 8.54. The maximum Gasteiger partial charge on any atom is 0.340 e. The topological polar surface area (TPSA) is 43.4 Å². The largest absolute Gasteiger partial charge is 0.465 e. The van der Waals surface area contributed by atoms with Crippen molar-refractivity contribution in [2.75, 3.05) is 7.11 Å². The summed E-state index contributed by atoms with van der Waals surface area (Å²) in [6.07, 6.45) is 1.01. The Bertz CT molecular complexity index is 399. The second-order valence-corrected chi connectivity index (χ2v) is 3.01. The van der Waals surface area contributed by atoms with Crippen LogP contribution >= 0.6 is 0 Å². The lowest BCUT2D eigenvalue weighted by Crippen LogP contribution is -2.07. The second kappa shape index (κ2) is 4.68.